The lowest BCUT2D eigenvalue weighted by atomic mass is 9.92. The zero-order chi connectivity index (χ0) is 15.3. The summed E-state index contributed by atoms with van der Waals surface area (Å²) in [5, 5.41) is 10.5. The molecule has 0 aromatic heterocycles. The van der Waals surface area contributed by atoms with Crippen molar-refractivity contribution < 1.29 is 14.6 Å². The number of carbonyl (C=O) groups is 1. The first-order chi connectivity index (χ1) is 10.1. The molecule has 21 heavy (non-hydrogen) atoms. The number of aliphatic hydroxyl groups excluding tert-OH is 1. The van der Waals surface area contributed by atoms with E-state index in [1.165, 1.54) is 7.11 Å². The molecule has 3 N–H and O–H groups in total. The van der Waals surface area contributed by atoms with Crippen LogP contribution in [0.3, 0.4) is 0 Å². The number of rotatable bonds is 6. The van der Waals surface area contributed by atoms with E-state index in [1.807, 2.05) is 30.3 Å². The van der Waals surface area contributed by atoms with Crippen LogP contribution in [0.2, 0.25) is 0 Å². The second kappa shape index (κ2) is 6.63. The molecule has 2 aromatic carbocycles. The maximum absolute atomic E-state index is 10.9. The van der Waals surface area contributed by atoms with Gasteiger partial charge in [0.2, 0.25) is 0 Å². The van der Waals surface area contributed by atoms with Gasteiger partial charge in [0.15, 0.2) is 5.72 Å². The Bertz CT molecular complexity index is 600. The van der Waals surface area contributed by atoms with Crippen molar-refractivity contribution >= 4 is 6.29 Å². The molecule has 0 unspecified atom stereocenters. The van der Waals surface area contributed by atoms with E-state index in [2.05, 4.69) is 0 Å². The highest BCUT2D eigenvalue weighted by molar-refractivity contribution is 5.75. The molecule has 2 atom stereocenters. The molecule has 4 heteroatoms. The molecule has 2 aromatic rings. The monoisotopic (exact) mass is 285 g/mol. The van der Waals surface area contributed by atoms with Gasteiger partial charge < -0.3 is 9.84 Å². The molecular formula is C17H19NO3. The number of aliphatic hydroxyl groups is 1. The van der Waals surface area contributed by atoms with E-state index in [9.17, 15) is 9.90 Å². The Balaban J connectivity index is 2.28. The summed E-state index contributed by atoms with van der Waals surface area (Å²) < 4.78 is 5.37. The van der Waals surface area contributed by atoms with Crippen molar-refractivity contribution in [3.05, 3.63) is 71.3 Å². The van der Waals surface area contributed by atoms with Crippen LogP contribution >= 0.6 is 0 Å². The van der Waals surface area contributed by atoms with Crippen LogP contribution in [0.15, 0.2) is 54.6 Å². The highest BCUT2D eigenvalue weighted by Gasteiger charge is 2.36. The maximum atomic E-state index is 10.9. The SMILES string of the molecule is CO[C@@](N)(c1cccc(C=O)c1)[C@@H](O)Cc1ccccc1. The Morgan fingerprint density at radius 1 is 1.24 bits per heavy atom. The van der Waals surface area contributed by atoms with Crippen molar-refractivity contribution in [3.63, 3.8) is 0 Å². The topological polar surface area (TPSA) is 72.5 Å². The van der Waals surface area contributed by atoms with Gasteiger partial charge in [0.25, 0.3) is 0 Å². The third-order valence-electron chi connectivity index (χ3n) is 3.58. The van der Waals surface area contributed by atoms with Gasteiger partial charge in [-0.05, 0) is 11.6 Å². The standard InChI is InChI=1S/C17H19NO3/c1-21-17(18,15-9-5-8-14(10-15)12-19)16(20)11-13-6-3-2-4-7-13/h2-10,12,16,20H,11,18H2,1H3/t16-,17-/m0/s1. The molecule has 0 spiro atoms. The van der Waals surface area contributed by atoms with Crippen LogP contribution in [0.1, 0.15) is 21.5 Å². The van der Waals surface area contributed by atoms with Gasteiger partial charge in [-0.2, -0.15) is 0 Å². The second-order valence-corrected chi connectivity index (χ2v) is 4.95. The molecular weight excluding hydrogens is 266 g/mol. The molecule has 2 rings (SSSR count). The lowest BCUT2D eigenvalue weighted by Gasteiger charge is -2.33. The number of aldehydes is 1. The third-order valence-corrected chi connectivity index (χ3v) is 3.58. The number of hydrogen-bond donors (Lipinski definition) is 2. The maximum Gasteiger partial charge on any atom is 0.168 e. The molecule has 0 heterocycles. The largest absolute Gasteiger partial charge is 0.388 e. The highest BCUT2D eigenvalue weighted by atomic mass is 16.5. The quantitative estimate of drug-likeness (QED) is 0.627. The summed E-state index contributed by atoms with van der Waals surface area (Å²) in [7, 11) is 1.45. The van der Waals surface area contributed by atoms with E-state index in [0.29, 0.717) is 17.5 Å². The normalized spacial score (nSPS) is 15.2. The van der Waals surface area contributed by atoms with Gasteiger partial charge in [0.1, 0.15) is 12.4 Å². The van der Waals surface area contributed by atoms with Gasteiger partial charge in [-0.3, -0.25) is 10.5 Å². The Kier molecular flexibility index (Phi) is 4.85. The molecule has 0 aliphatic heterocycles. The van der Waals surface area contributed by atoms with Crippen LogP contribution in [0, 0.1) is 0 Å². The van der Waals surface area contributed by atoms with E-state index in [1.54, 1.807) is 24.3 Å². The lowest BCUT2D eigenvalue weighted by molar-refractivity contribution is -0.104. The Morgan fingerprint density at radius 2 is 1.95 bits per heavy atom. The molecule has 0 fully saturated rings. The van der Waals surface area contributed by atoms with Crippen LogP contribution in [-0.2, 0) is 16.9 Å². The van der Waals surface area contributed by atoms with Crippen molar-refractivity contribution in [2.75, 3.05) is 7.11 Å². The number of benzene rings is 2. The van der Waals surface area contributed by atoms with Crippen LogP contribution < -0.4 is 5.73 Å². The smallest absolute Gasteiger partial charge is 0.168 e. The third kappa shape index (κ3) is 3.36. The van der Waals surface area contributed by atoms with Crippen LogP contribution in [-0.4, -0.2) is 24.6 Å². The predicted octanol–water partition coefficient (Wildman–Crippen LogP) is 1.86. The van der Waals surface area contributed by atoms with Crippen molar-refractivity contribution in [1.29, 1.82) is 0 Å². The van der Waals surface area contributed by atoms with Crippen LogP contribution in [0.5, 0.6) is 0 Å². The molecule has 0 aliphatic rings. The molecule has 0 amide bonds. The minimum Gasteiger partial charge on any atom is -0.388 e. The van der Waals surface area contributed by atoms with E-state index < -0.39 is 11.8 Å². The average molecular weight is 285 g/mol. The number of ether oxygens (including phenoxy) is 1. The lowest BCUT2D eigenvalue weighted by Crippen LogP contribution is -2.50. The highest BCUT2D eigenvalue weighted by Crippen LogP contribution is 2.26. The van der Waals surface area contributed by atoms with E-state index in [4.69, 9.17) is 10.5 Å². The summed E-state index contributed by atoms with van der Waals surface area (Å²) in [6.45, 7) is 0. The molecule has 0 aliphatic carbocycles. The number of methoxy groups -OCH3 is 1. The molecule has 0 saturated carbocycles. The van der Waals surface area contributed by atoms with E-state index >= 15 is 0 Å². The number of carbonyl (C=O) groups excluding carboxylic acids is 1. The van der Waals surface area contributed by atoms with E-state index in [0.717, 1.165) is 11.8 Å². The Labute approximate surface area is 124 Å². The first kappa shape index (κ1) is 15.4. The van der Waals surface area contributed by atoms with Crippen LogP contribution in [0.4, 0.5) is 0 Å². The summed E-state index contributed by atoms with van der Waals surface area (Å²) in [5.74, 6) is 0. The van der Waals surface area contributed by atoms with Crippen molar-refractivity contribution in [1.82, 2.24) is 0 Å². The average Bonchev–Trinajstić information content (AvgIpc) is 2.55. The van der Waals surface area contributed by atoms with Gasteiger partial charge in [0.05, 0.1) is 0 Å². The van der Waals surface area contributed by atoms with Crippen molar-refractivity contribution in [3.8, 4) is 0 Å². The fourth-order valence-corrected chi connectivity index (χ4v) is 2.29. The summed E-state index contributed by atoms with van der Waals surface area (Å²) in [5.41, 5.74) is 6.90. The summed E-state index contributed by atoms with van der Waals surface area (Å²) in [4.78, 5) is 10.9. The zero-order valence-corrected chi connectivity index (χ0v) is 11.9. The van der Waals surface area contributed by atoms with Crippen molar-refractivity contribution in [2.24, 2.45) is 5.73 Å². The molecule has 4 nitrogen and oxygen atoms in total. The van der Waals surface area contributed by atoms with Gasteiger partial charge >= 0.3 is 0 Å². The molecule has 0 radical (unpaired) electrons. The van der Waals surface area contributed by atoms with Crippen molar-refractivity contribution in [2.45, 2.75) is 18.2 Å². The van der Waals surface area contributed by atoms with Gasteiger partial charge in [-0.15, -0.1) is 0 Å². The first-order valence-corrected chi connectivity index (χ1v) is 6.72. The van der Waals surface area contributed by atoms with Crippen LogP contribution in [0.25, 0.3) is 0 Å². The summed E-state index contributed by atoms with van der Waals surface area (Å²) in [6, 6.07) is 16.3. The minimum absolute atomic E-state index is 0.358. The fraction of sp³-hybridized carbons (Fsp3) is 0.235. The molecule has 110 valence electrons. The fourth-order valence-electron chi connectivity index (χ4n) is 2.29. The van der Waals surface area contributed by atoms with Gasteiger partial charge in [-0.1, -0.05) is 48.5 Å². The Morgan fingerprint density at radius 3 is 2.57 bits per heavy atom. The number of nitrogens with two attached hydrogens (primary N) is 1. The summed E-state index contributed by atoms with van der Waals surface area (Å²) >= 11 is 0. The molecule has 0 saturated heterocycles. The van der Waals surface area contributed by atoms with Gasteiger partial charge in [0, 0.05) is 24.7 Å². The molecule has 0 bridgehead atoms. The first-order valence-electron chi connectivity index (χ1n) is 6.72. The zero-order valence-electron chi connectivity index (χ0n) is 11.9. The minimum atomic E-state index is -1.37. The second-order valence-electron chi connectivity index (χ2n) is 4.95. The van der Waals surface area contributed by atoms with E-state index in [-0.39, 0.29) is 0 Å². The number of hydrogen-bond acceptors (Lipinski definition) is 4. The summed E-state index contributed by atoms with van der Waals surface area (Å²) in [6.07, 6.45) is 0.159. The van der Waals surface area contributed by atoms with Gasteiger partial charge in [-0.25, -0.2) is 0 Å². The predicted molar refractivity (Wildman–Crippen MR) is 80.9 cm³/mol. The Hall–Kier alpha value is -2.01.